The molecule has 2 aromatic rings. The molecule has 1 saturated heterocycles. The monoisotopic (exact) mass is 398 g/mol. The van der Waals surface area contributed by atoms with Gasteiger partial charge in [-0.05, 0) is 70.8 Å². The van der Waals surface area contributed by atoms with Crippen LogP contribution in [0.4, 0.5) is 5.82 Å². The van der Waals surface area contributed by atoms with Crippen LogP contribution in [0.2, 0.25) is 0 Å². The molecule has 4 rings (SSSR count). The van der Waals surface area contributed by atoms with Crippen LogP contribution >= 0.6 is 11.3 Å². The molecule has 6 heteroatoms. The predicted molar refractivity (Wildman–Crippen MR) is 116 cm³/mol. The van der Waals surface area contributed by atoms with Gasteiger partial charge < -0.3 is 10.2 Å². The lowest BCUT2D eigenvalue weighted by atomic mass is 9.97. The second kappa shape index (κ2) is 8.60. The first kappa shape index (κ1) is 19.4. The van der Waals surface area contributed by atoms with E-state index in [4.69, 9.17) is 0 Å². The van der Waals surface area contributed by atoms with Crippen LogP contribution in [0.3, 0.4) is 0 Å². The number of nitrogens with zero attached hydrogens (tertiary/aromatic N) is 3. The van der Waals surface area contributed by atoms with Gasteiger partial charge in [-0.2, -0.15) is 0 Å². The van der Waals surface area contributed by atoms with E-state index < -0.39 is 0 Å². The van der Waals surface area contributed by atoms with Gasteiger partial charge in [-0.25, -0.2) is 9.97 Å². The van der Waals surface area contributed by atoms with Gasteiger partial charge in [0, 0.05) is 19.1 Å². The summed E-state index contributed by atoms with van der Waals surface area (Å²) in [6.45, 7) is 6.04. The molecule has 28 heavy (non-hydrogen) atoms. The highest BCUT2D eigenvalue weighted by atomic mass is 32.1. The third kappa shape index (κ3) is 3.93. The number of hydrogen-bond donors (Lipinski definition) is 1. The first-order chi connectivity index (χ1) is 13.6. The molecule has 1 amide bonds. The lowest BCUT2D eigenvalue weighted by molar-refractivity contribution is 0.0957. The van der Waals surface area contributed by atoms with E-state index in [1.165, 1.54) is 61.9 Å². The van der Waals surface area contributed by atoms with Gasteiger partial charge in [-0.3, -0.25) is 4.79 Å². The summed E-state index contributed by atoms with van der Waals surface area (Å²) in [6, 6.07) is 0.479. The lowest BCUT2D eigenvalue weighted by Gasteiger charge is -2.34. The number of aromatic nitrogens is 2. The molecule has 0 bridgehead atoms. The largest absolute Gasteiger partial charge is 0.353 e. The SMILES string of the molecule is Cc1c(C(=O)NCCC2=CCCCC2)sc2ncnc(N3CCCC[C@@H]3C)c12. The van der Waals surface area contributed by atoms with E-state index >= 15 is 0 Å². The van der Waals surface area contributed by atoms with Crippen molar-refractivity contribution in [2.45, 2.75) is 71.3 Å². The summed E-state index contributed by atoms with van der Waals surface area (Å²) in [6.07, 6.45) is 13.6. The Kier molecular flexibility index (Phi) is 5.95. The van der Waals surface area contributed by atoms with Crippen molar-refractivity contribution in [2.24, 2.45) is 0 Å². The molecule has 2 aromatic heterocycles. The molecule has 1 aliphatic heterocycles. The number of piperidine rings is 1. The Balaban J connectivity index is 1.53. The number of thiophene rings is 1. The number of amides is 1. The Hall–Kier alpha value is -1.95. The number of anilines is 1. The average molecular weight is 399 g/mol. The summed E-state index contributed by atoms with van der Waals surface area (Å²) in [5.41, 5.74) is 2.51. The van der Waals surface area contributed by atoms with Crippen LogP contribution in [-0.2, 0) is 0 Å². The Morgan fingerprint density at radius 2 is 2.18 bits per heavy atom. The number of nitrogens with one attached hydrogen (secondary N) is 1. The van der Waals surface area contributed by atoms with Gasteiger partial charge in [0.15, 0.2) is 0 Å². The highest BCUT2D eigenvalue weighted by Gasteiger charge is 2.25. The molecule has 0 aromatic carbocycles. The highest BCUT2D eigenvalue weighted by Crippen LogP contribution is 2.36. The molecule has 0 spiro atoms. The van der Waals surface area contributed by atoms with Crippen molar-refractivity contribution in [3.8, 4) is 0 Å². The van der Waals surface area contributed by atoms with Crippen molar-refractivity contribution in [3.05, 3.63) is 28.4 Å². The minimum Gasteiger partial charge on any atom is -0.353 e. The maximum absolute atomic E-state index is 12.8. The minimum atomic E-state index is 0.0227. The minimum absolute atomic E-state index is 0.0227. The van der Waals surface area contributed by atoms with Gasteiger partial charge in [0.05, 0.1) is 10.3 Å². The number of aryl methyl sites for hydroxylation is 1. The zero-order chi connectivity index (χ0) is 19.5. The van der Waals surface area contributed by atoms with Crippen LogP contribution < -0.4 is 10.2 Å². The Labute approximate surface area is 171 Å². The van der Waals surface area contributed by atoms with Crippen molar-refractivity contribution in [3.63, 3.8) is 0 Å². The zero-order valence-electron chi connectivity index (χ0n) is 17.0. The smallest absolute Gasteiger partial charge is 0.261 e. The maximum Gasteiger partial charge on any atom is 0.261 e. The van der Waals surface area contributed by atoms with Gasteiger partial charge in [0.1, 0.15) is 17.0 Å². The Bertz CT molecular complexity index is 888. The van der Waals surface area contributed by atoms with Crippen LogP contribution in [-0.4, -0.2) is 35.0 Å². The van der Waals surface area contributed by atoms with Gasteiger partial charge >= 0.3 is 0 Å². The maximum atomic E-state index is 12.8. The Morgan fingerprint density at radius 1 is 1.29 bits per heavy atom. The molecule has 0 unspecified atom stereocenters. The molecule has 150 valence electrons. The summed E-state index contributed by atoms with van der Waals surface area (Å²) in [5.74, 6) is 1.02. The average Bonchev–Trinajstić information content (AvgIpc) is 3.06. The second-order valence-corrected chi connectivity index (χ2v) is 9.08. The molecule has 1 atom stereocenters. The number of hydrogen-bond acceptors (Lipinski definition) is 5. The fourth-order valence-electron chi connectivity index (χ4n) is 4.45. The number of carbonyl (C=O) groups excluding carboxylic acids is 1. The number of rotatable bonds is 5. The first-order valence-corrected chi connectivity index (χ1v) is 11.4. The first-order valence-electron chi connectivity index (χ1n) is 10.6. The predicted octanol–water partition coefficient (Wildman–Crippen LogP) is 5.00. The van der Waals surface area contributed by atoms with Crippen LogP contribution in [0.1, 0.15) is 73.5 Å². The van der Waals surface area contributed by atoms with Crippen LogP contribution in [0.5, 0.6) is 0 Å². The molecule has 5 nitrogen and oxygen atoms in total. The molecule has 1 N–H and O–H groups in total. The van der Waals surface area contributed by atoms with Crippen molar-refractivity contribution >= 4 is 33.3 Å². The van der Waals surface area contributed by atoms with Crippen molar-refractivity contribution in [1.29, 1.82) is 0 Å². The Morgan fingerprint density at radius 3 is 2.96 bits per heavy atom. The van der Waals surface area contributed by atoms with Crippen LogP contribution in [0.15, 0.2) is 18.0 Å². The number of fused-ring (bicyclic) bond motifs is 1. The van der Waals surface area contributed by atoms with Crippen molar-refractivity contribution < 1.29 is 4.79 Å². The van der Waals surface area contributed by atoms with Gasteiger partial charge in [-0.1, -0.05) is 11.6 Å². The fourth-order valence-corrected chi connectivity index (χ4v) is 5.51. The normalized spacial score (nSPS) is 20.3. The van der Waals surface area contributed by atoms with E-state index in [0.717, 1.165) is 39.4 Å². The van der Waals surface area contributed by atoms with Crippen molar-refractivity contribution in [2.75, 3.05) is 18.0 Å². The van der Waals surface area contributed by atoms with E-state index in [9.17, 15) is 4.79 Å². The third-order valence-electron chi connectivity index (χ3n) is 6.10. The molecule has 1 fully saturated rings. The van der Waals surface area contributed by atoms with Crippen LogP contribution in [0, 0.1) is 6.92 Å². The molecule has 3 heterocycles. The fraction of sp³-hybridized carbons (Fsp3) is 0.591. The van der Waals surface area contributed by atoms with Gasteiger partial charge in [0.25, 0.3) is 5.91 Å². The summed E-state index contributed by atoms with van der Waals surface area (Å²) in [4.78, 5) is 26.0. The summed E-state index contributed by atoms with van der Waals surface area (Å²) >= 11 is 1.49. The summed E-state index contributed by atoms with van der Waals surface area (Å²) in [5, 5.41) is 4.18. The molecular weight excluding hydrogens is 368 g/mol. The molecule has 0 saturated carbocycles. The van der Waals surface area contributed by atoms with E-state index in [2.05, 4.69) is 33.2 Å². The van der Waals surface area contributed by atoms with Crippen LogP contribution in [0.25, 0.3) is 10.2 Å². The quantitative estimate of drug-likeness (QED) is 0.720. The lowest BCUT2D eigenvalue weighted by Crippen LogP contribution is -2.38. The van der Waals surface area contributed by atoms with E-state index in [0.29, 0.717) is 12.6 Å². The molecule has 2 aliphatic rings. The number of carbonyl (C=O) groups is 1. The van der Waals surface area contributed by atoms with Crippen molar-refractivity contribution in [1.82, 2.24) is 15.3 Å². The van der Waals surface area contributed by atoms with Gasteiger partial charge in [-0.15, -0.1) is 11.3 Å². The molecule has 1 aliphatic carbocycles. The molecule has 0 radical (unpaired) electrons. The van der Waals surface area contributed by atoms with E-state index in [-0.39, 0.29) is 5.91 Å². The topological polar surface area (TPSA) is 58.1 Å². The zero-order valence-corrected chi connectivity index (χ0v) is 17.8. The molecular formula is C22H30N4OS. The standard InChI is InChI=1S/C22H30N4OS/c1-15-8-6-7-13-26(15)20-18-16(2)19(28-22(18)25-14-24-20)21(27)23-12-11-17-9-4-3-5-10-17/h9,14-15H,3-8,10-13H2,1-2H3,(H,23,27)/t15-/m0/s1. The summed E-state index contributed by atoms with van der Waals surface area (Å²) in [7, 11) is 0. The number of allylic oxidation sites excluding steroid dienone is 1. The summed E-state index contributed by atoms with van der Waals surface area (Å²) < 4.78 is 0. The van der Waals surface area contributed by atoms with E-state index in [1.807, 2.05) is 6.92 Å². The third-order valence-corrected chi connectivity index (χ3v) is 7.30. The highest BCUT2D eigenvalue weighted by molar-refractivity contribution is 7.20. The van der Waals surface area contributed by atoms with Gasteiger partial charge in [0.2, 0.25) is 0 Å². The second-order valence-electron chi connectivity index (χ2n) is 8.09. The van der Waals surface area contributed by atoms with E-state index in [1.54, 1.807) is 6.33 Å².